The van der Waals surface area contributed by atoms with Crippen molar-refractivity contribution >= 4 is 6.34 Å². The summed E-state index contributed by atoms with van der Waals surface area (Å²) in [6.45, 7) is 2.08. The van der Waals surface area contributed by atoms with Crippen LogP contribution in [0.1, 0.15) is 19.8 Å². The first-order valence-electron chi connectivity index (χ1n) is 4.56. The summed E-state index contributed by atoms with van der Waals surface area (Å²) in [4.78, 5) is 0.510. The summed E-state index contributed by atoms with van der Waals surface area (Å²) < 4.78 is 37.7. The molecule has 1 rings (SSSR count). The van der Waals surface area contributed by atoms with E-state index in [0.29, 0.717) is 11.3 Å². The number of hydrogen-bond donors (Lipinski definition) is 0. The highest BCUT2D eigenvalue weighted by Gasteiger charge is 2.49. The standard InChI is InChI=1S/C8H11F3N4/c1-2-3-4-15-7(8(9,10)11)14(5-12)6-13-15/h6-7H,2-4H2,1H3. The van der Waals surface area contributed by atoms with Crippen molar-refractivity contribution in [3.05, 3.63) is 0 Å². The van der Waals surface area contributed by atoms with E-state index in [-0.39, 0.29) is 6.54 Å². The zero-order valence-corrected chi connectivity index (χ0v) is 8.20. The molecular weight excluding hydrogens is 209 g/mol. The molecule has 0 aliphatic carbocycles. The molecule has 84 valence electrons. The normalized spacial score (nSPS) is 20.9. The van der Waals surface area contributed by atoms with Crippen LogP contribution in [0.25, 0.3) is 0 Å². The highest BCUT2D eigenvalue weighted by Crippen LogP contribution is 2.29. The molecule has 0 saturated heterocycles. The molecule has 0 amide bonds. The van der Waals surface area contributed by atoms with Crippen LogP contribution in [0.4, 0.5) is 13.2 Å². The Hall–Kier alpha value is -1.45. The van der Waals surface area contributed by atoms with Crippen molar-refractivity contribution in [3.8, 4) is 6.19 Å². The van der Waals surface area contributed by atoms with Crippen LogP contribution in [0, 0.1) is 11.5 Å². The van der Waals surface area contributed by atoms with Gasteiger partial charge in [-0.3, -0.25) is 5.01 Å². The summed E-state index contributed by atoms with van der Waals surface area (Å²) in [7, 11) is 0. The fourth-order valence-corrected chi connectivity index (χ4v) is 1.30. The molecule has 0 spiro atoms. The maximum Gasteiger partial charge on any atom is 0.430 e. The van der Waals surface area contributed by atoms with Crippen LogP contribution in [0.2, 0.25) is 0 Å². The van der Waals surface area contributed by atoms with Crippen molar-refractivity contribution in [2.75, 3.05) is 6.54 Å². The fraction of sp³-hybridized carbons (Fsp3) is 0.750. The smallest absolute Gasteiger partial charge is 0.263 e. The third kappa shape index (κ3) is 2.52. The maximum absolute atomic E-state index is 12.6. The number of rotatable bonds is 3. The number of hydrogen-bond acceptors (Lipinski definition) is 4. The molecule has 1 aliphatic heterocycles. The summed E-state index contributed by atoms with van der Waals surface area (Å²) >= 11 is 0. The SMILES string of the molecule is CCCCN1N=CN(C#N)C1C(F)(F)F. The Balaban J connectivity index is 2.73. The zero-order chi connectivity index (χ0) is 11.5. The van der Waals surface area contributed by atoms with Crippen molar-refractivity contribution in [1.82, 2.24) is 9.91 Å². The minimum absolute atomic E-state index is 0.204. The maximum atomic E-state index is 12.6. The summed E-state index contributed by atoms with van der Waals surface area (Å²) in [6, 6.07) is 0. The van der Waals surface area contributed by atoms with E-state index >= 15 is 0 Å². The van der Waals surface area contributed by atoms with Crippen LogP contribution in [0.3, 0.4) is 0 Å². The summed E-state index contributed by atoms with van der Waals surface area (Å²) in [6.07, 6.45) is -2.65. The molecule has 0 saturated carbocycles. The van der Waals surface area contributed by atoms with Crippen molar-refractivity contribution in [1.29, 1.82) is 5.26 Å². The van der Waals surface area contributed by atoms with E-state index in [1.165, 1.54) is 6.19 Å². The molecule has 4 nitrogen and oxygen atoms in total. The Morgan fingerprint density at radius 1 is 1.53 bits per heavy atom. The summed E-state index contributed by atoms with van der Waals surface area (Å²) in [5, 5.41) is 13.0. The Morgan fingerprint density at radius 2 is 2.20 bits per heavy atom. The Labute approximate surface area is 85.6 Å². The van der Waals surface area contributed by atoms with Crippen molar-refractivity contribution in [2.45, 2.75) is 32.1 Å². The molecule has 1 heterocycles. The molecule has 0 aromatic rings. The van der Waals surface area contributed by atoms with Gasteiger partial charge in [0.1, 0.15) is 6.34 Å². The third-order valence-electron chi connectivity index (χ3n) is 2.02. The topological polar surface area (TPSA) is 42.6 Å². The average molecular weight is 220 g/mol. The number of hydrazone groups is 1. The zero-order valence-electron chi connectivity index (χ0n) is 8.20. The minimum atomic E-state index is -4.47. The predicted octanol–water partition coefficient (Wildman–Crippen LogP) is 1.72. The number of unbranched alkanes of at least 4 members (excludes halogenated alkanes) is 1. The van der Waals surface area contributed by atoms with Gasteiger partial charge in [-0.15, -0.1) is 0 Å². The summed E-state index contributed by atoms with van der Waals surface area (Å²) in [5.41, 5.74) is 0. The van der Waals surface area contributed by atoms with Gasteiger partial charge in [0, 0.05) is 6.54 Å². The number of nitriles is 1. The number of alkyl halides is 3. The van der Waals surface area contributed by atoms with E-state index in [0.717, 1.165) is 17.8 Å². The number of nitrogens with zero attached hydrogens (tertiary/aromatic N) is 4. The summed E-state index contributed by atoms with van der Waals surface area (Å²) in [5.74, 6) is 0. The van der Waals surface area contributed by atoms with Gasteiger partial charge in [0.2, 0.25) is 6.17 Å². The molecule has 1 atom stereocenters. The first-order chi connectivity index (χ1) is 7.00. The van der Waals surface area contributed by atoms with Gasteiger partial charge < -0.3 is 0 Å². The Morgan fingerprint density at radius 3 is 2.67 bits per heavy atom. The van der Waals surface area contributed by atoms with Gasteiger partial charge in [0.05, 0.1) is 0 Å². The molecule has 1 aliphatic rings. The lowest BCUT2D eigenvalue weighted by Crippen LogP contribution is -2.48. The van der Waals surface area contributed by atoms with Crippen molar-refractivity contribution in [3.63, 3.8) is 0 Å². The molecule has 0 radical (unpaired) electrons. The van der Waals surface area contributed by atoms with Gasteiger partial charge in [-0.1, -0.05) is 13.3 Å². The first kappa shape index (κ1) is 11.6. The molecule has 7 heteroatoms. The van der Waals surface area contributed by atoms with E-state index < -0.39 is 12.3 Å². The Bertz CT molecular complexity index is 281. The molecule has 0 bridgehead atoms. The lowest BCUT2D eigenvalue weighted by atomic mass is 10.3. The highest BCUT2D eigenvalue weighted by molar-refractivity contribution is 5.59. The monoisotopic (exact) mass is 220 g/mol. The quantitative estimate of drug-likeness (QED) is 0.680. The van der Waals surface area contributed by atoms with Crippen molar-refractivity contribution in [2.24, 2.45) is 5.10 Å². The molecule has 0 aromatic carbocycles. The van der Waals surface area contributed by atoms with Gasteiger partial charge in [0.25, 0.3) is 0 Å². The predicted molar refractivity (Wildman–Crippen MR) is 47.4 cm³/mol. The molecule has 15 heavy (non-hydrogen) atoms. The van der Waals surface area contributed by atoms with E-state index in [4.69, 9.17) is 5.26 Å². The van der Waals surface area contributed by atoms with E-state index in [2.05, 4.69) is 5.10 Å². The third-order valence-corrected chi connectivity index (χ3v) is 2.02. The highest BCUT2D eigenvalue weighted by atomic mass is 19.4. The molecule has 0 aromatic heterocycles. The van der Waals surface area contributed by atoms with E-state index in [1.807, 2.05) is 6.92 Å². The van der Waals surface area contributed by atoms with Crippen LogP contribution in [-0.2, 0) is 0 Å². The van der Waals surface area contributed by atoms with Gasteiger partial charge in [0.15, 0.2) is 6.19 Å². The van der Waals surface area contributed by atoms with Gasteiger partial charge in [-0.25, -0.2) is 4.90 Å². The van der Waals surface area contributed by atoms with Crippen LogP contribution < -0.4 is 0 Å². The van der Waals surface area contributed by atoms with E-state index in [1.54, 1.807) is 0 Å². The van der Waals surface area contributed by atoms with Crippen LogP contribution in [-0.4, -0.2) is 35.1 Å². The van der Waals surface area contributed by atoms with Crippen LogP contribution in [0.15, 0.2) is 5.10 Å². The fourth-order valence-electron chi connectivity index (χ4n) is 1.30. The first-order valence-corrected chi connectivity index (χ1v) is 4.56. The van der Waals surface area contributed by atoms with Gasteiger partial charge in [-0.05, 0) is 6.42 Å². The largest absolute Gasteiger partial charge is 0.430 e. The second-order valence-corrected chi connectivity index (χ2v) is 3.17. The minimum Gasteiger partial charge on any atom is -0.263 e. The van der Waals surface area contributed by atoms with Crippen LogP contribution >= 0.6 is 0 Å². The number of halogens is 3. The molecule has 0 fully saturated rings. The average Bonchev–Trinajstić information content (AvgIpc) is 2.56. The van der Waals surface area contributed by atoms with E-state index in [9.17, 15) is 13.2 Å². The molecule has 0 N–H and O–H groups in total. The lowest BCUT2D eigenvalue weighted by Gasteiger charge is -2.27. The van der Waals surface area contributed by atoms with Crippen LogP contribution in [0.5, 0.6) is 0 Å². The molecule has 1 unspecified atom stereocenters. The lowest BCUT2D eigenvalue weighted by molar-refractivity contribution is -0.200. The van der Waals surface area contributed by atoms with Gasteiger partial charge >= 0.3 is 6.18 Å². The Kier molecular flexibility index (Phi) is 3.39. The second kappa shape index (κ2) is 4.38. The molecular formula is C8H11F3N4. The van der Waals surface area contributed by atoms with Gasteiger partial charge in [-0.2, -0.15) is 23.5 Å². The second-order valence-electron chi connectivity index (χ2n) is 3.17. The van der Waals surface area contributed by atoms with Crippen molar-refractivity contribution < 1.29 is 13.2 Å².